The molecule has 0 atom stereocenters. The van der Waals surface area contributed by atoms with E-state index in [1.54, 1.807) is 32.0 Å². The number of aryl methyl sites for hydroxylation is 2. The van der Waals surface area contributed by atoms with E-state index in [-0.39, 0.29) is 11.4 Å². The third-order valence-electron chi connectivity index (χ3n) is 2.70. The summed E-state index contributed by atoms with van der Waals surface area (Å²) in [4.78, 5) is 0.175. The van der Waals surface area contributed by atoms with E-state index in [0.29, 0.717) is 17.2 Å². The second-order valence-corrected chi connectivity index (χ2v) is 6.08. The molecule has 6 heteroatoms. The number of furan rings is 1. The van der Waals surface area contributed by atoms with E-state index in [1.807, 2.05) is 6.07 Å². The van der Waals surface area contributed by atoms with Gasteiger partial charge in [0.1, 0.15) is 16.4 Å². The third-order valence-corrected chi connectivity index (χ3v) is 4.21. The minimum absolute atomic E-state index is 0.175. The quantitative estimate of drug-likeness (QED) is 0.838. The van der Waals surface area contributed by atoms with Crippen molar-refractivity contribution in [3.8, 4) is 0 Å². The smallest absolute Gasteiger partial charge is 0.244 e. The molecule has 0 unspecified atom stereocenters. The van der Waals surface area contributed by atoms with Gasteiger partial charge in [0, 0.05) is 12.2 Å². The normalized spacial score (nSPS) is 11.7. The highest BCUT2D eigenvalue weighted by molar-refractivity contribution is 7.89. The Morgan fingerprint density at radius 2 is 2.00 bits per heavy atom. The molecule has 19 heavy (non-hydrogen) atoms. The zero-order valence-electron chi connectivity index (χ0n) is 10.8. The summed E-state index contributed by atoms with van der Waals surface area (Å²) in [5.74, 6) is 0.958. The van der Waals surface area contributed by atoms with Gasteiger partial charge in [0.15, 0.2) is 0 Å². The van der Waals surface area contributed by atoms with E-state index in [1.165, 1.54) is 6.07 Å². The summed E-state index contributed by atoms with van der Waals surface area (Å²) in [5.41, 5.74) is 7.05. The molecule has 0 radical (unpaired) electrons. The van der Waals surface area contributed by atoms with Gasteiger partial charge in [-0.2, -0.15) is 0 Å². The molecule has 0 saturated carbocycles. The minimum atomic E-state index is -3.57. The van der Waals surface area contributed by atoms with Crippen molar-refractivity contribution in [3.63, 3.8) is 0 Å². The maximum atomic E-state index is 12.1. The third kappa shape index (κ3) is 3.15. The lowest BCUT2D eigenvalue weighted by molar-refractivity contribution is 0.495. The maximum Gasteiger partial charge on any atom is 0.244 e. The van der Waals surface area contributed by atoms with E-state index >= 15 is 0 Å². The van der Waals surface area contributed by atoms with Crippen LogP contribution in [0.25, 0.3) is 0 Å². The first-order chi connectivity index (χ1) is 8.88. The second-order valence-electron chi connectivity index (χ2n) is 4.35. The van der Waals surface area contributed by atoms with Crippen molar-refractivity contribution in [2.45, 2.75) is 25.3 Å². The number of anilines is 1. The monoisotopic (exact) mass is 280 g/mol. The summed E-state index contributed by atoms with van der Waals surface area (Å²) in [6, 6.07) is 8.59. The standard InChI is InChI=1S/C13H16N2O3S/c1-9-6-13(10(2)18-9)19(16,17)15-8-11-4-3-5-12(14)7-11/h3-7,15H,8,14H2,1-2H3. The molecule has 0 fully saturated rings. The van der Waals surface area contributed by atoms with Crippen LogP contribution in [0.4, 0.5) is 5.69 Å². The first kappa shape index (κ1) is 13.6. The molecule has 0 amide bonds. The molecule has 0 spiro atoms. The summed E-state index contributed by atoms with van der Waals surface area (Å²) in [7, 11) is -3.57. The Balaban J connectivity index is 2.16. The van der Waals surface area contributed by atoms with Crippen molar-refractivity contribution in [2.24, 2.45) is 0 Å². The highest BCUT2D eigenvalue weighted by Gasteiger charge is 2.19. The Morgan fingerprint density at radius 1 is 1.26 bits per heavy atom. The largest absolute Gasteiger partial charge is 0.465 e. The number of rotatable bonds is 4. The highest BCUT2D eigenvalue weighted by atomic mass is 32.2. The molecule has 5 nitrogen and oxygen atoms in total. The van der Waals surface area contributed by atoms with Crippen LogP contribution in [0.1, 0.15) is 17.1 Å². The van der Waals surface area contributed by atoms with Gasteiger partial charge in [-0.3, -0.25) is 0 Å². The Hall–Kier alpha value is -1.79. The van der Waals surface area contributed by atoms with Crippen molar-refractivity contribution >= 4 is 15.7 Å². The second kappa shape index (κ2) is 5.07. The number of nitrogens with two attached hydrogens (primary N) is 1. The van der Waals surface area contributed by atoms with Gasteiger partial charge in [0.05, 0.1) is 0 Å². The fourth-order valence-electron chi connectivity index (χ4n) is 1.83. The van der Waals surface area contributed by atoms with E-state index in [0.717, 1.165) is 5.56 Å². The van der Waals surface area contributed by atoms with Crippen LogP contribution >= 0.6 is 0 Å². The van der Waals surface area contributed by atoms with Crippen LogP contribution in [0.5, 0.6) is 0 Å². The molecule has 2 aromatic rings. The average molecular weight is 280 g/mol. The van der Waals surface area contributed by atoms with Gasteiger partial charge in [-0.1, -0.05) is 12.1 Å². The molecule has 0 bridgehead atoms. The van der Waals surface area contributed by atoms with E-state index in [2.05, 4.69) is 4.72 Å². The topological polar surface area (TPSA) is 85.3 Å². The summed E-state index contributed by atoms with van der Waals surface area (Å²) in [6.45, 7) is 3.53. The summed E-state index contributed by atoms with van der Waals surface area (Å²) in [6.07, 6.45) is 0. The number of benzene rings is 1. The van der Waals surface area contributed by atoms with Crippen LogP contribution in [0, 0.1) is 13.8 Å². The lowest BCUT2D eigenvalue weighted by atomic mass is 10.2. The average Bonchev–Trinajstić information content (AvgIpc) is 2.67. The van der Waals surface area contributed by atoms with Gasteiger partial charge in [-0.25, -0.2) is 13.1 Å². The summed E-state index contributed by atoms with van der Waals surface area (Å²) in [5, 5.41) is 0. The fourth-order valence-corrected chi connectivity index (χ4v) is 3.09. The van der Waals surface area contributed by atoms with E-state index in [9.17, 15) is 8.42 Å². The Labute approximate surface area is 112 Å². The number of sulfonamides is 1. The Bertz CT molecular complexity index is 690. The summed E-state index contributed by atoms with van der Waals surface area (Å²) < 4.78 is 32.0. The van der Waals surface area contributed by atoms with Crippen molar-refractivity contribution in [2.75, 3.05) is 5.73 Å². The lowest BCUT2D eigenvalue weighted by Gasteiger charge is -2.06. The molecule has 1 aromatic carbocycles. The van der Waals surface area contributed by atoms with Crippen LogP contribution in [0.15, 0.2) is 39.6 Å². The summed E-state index contributed by atoms with van der Waals surface area (Å²) >= 11 is 0. The predicted octanol–water partition coefficient (Wildman–Crippen LogP) is 1.96. The number of nitrogens with one attached hydrogen (secondary N) is 1. The van der Waals surface area contributed by atoms with Crippen LogP contribution < -0.4 is 10.5 Å². The van der Waals surface area contributed by atoms with Crippen molar-refractivity contribution in [3.05, 3.63) is 47.4 Å². The molecule has 1 aromatic heterocycles. The van der Waals surface area contributed by atoms with Crippen LogP contribution in [-0.4, -0.2) is 8.42 Å². The molecule has 0 aliphatic rings. The molecule has 3 N–H and O–H groups in total. The molecule has 0 aliphatic carbocycles. The minimum Gasteiger partial charge on any atom is -0.465 e. The van der Waals surface area contributed by atoms with Gasteiger partial charge >= 0.3 is 0 Å². The molecular formula is C13H16N2O3S. The number of nitrogen functional groups attached to an aromatic ring is 1. The number of hydrogen-bond acceptors (Lipinski definition) is 4. The highest BCUT2D eigenvalue weighted by Crippen LogP contribution is 2.19. The van der Waals surface area contributed by atoms with Gasteiger partial charge in [-0.05, 0) is 37.6 Å². The van der Waals surface area contributed by atoms with Crippen LogP contribution in [0.2, 0.25) is 0 Å². The first-order valence-electron chi connectivity index (χ1n) is 5.79. The lowest BCUT2D eigenvalue weighted by Crippen LogP contribution is -2.23. The van der Waals surface area contributed by atoms with E-state index in [4.69, 9.17) is 10.2 Å². The SMILES string of the molecule is Cc1cc(S(=O)(=O)NCc2cccc(N)c2)c(C)o1. The van der Waals surface area contributed by atoms with Gasteiger partial charge in [0.2, 0.25) is 10.0 Å². The molecule has 2 rings (SSSR count). The molecule has 0 saturated heterocycles. The Morgan fingerprint density at radius 3 is 2.58 bits per heavy atom. The van der Waals surface area contributed by atoms with Gasteiger partial charge in [0.25, 0.3) is 0 Å². The van der Waals surface area contributed by atoms with Crippen LogP contribution in [0.3, 0.4) is 0 Å². The van der Waals surface area contributed by atoms with Crippen molar-refractivity contribution in [1.82, 2.24) is 4.72 Å². The molecule has 0 aliphatic heterocycles. The van der Waals surface area contributed by atoms with Gasteiger partial charge < -0.3 is 10.2 Å². The Kier molecular flexibility index (Phi) is 3.64. The fraction of sp³-hybridized carbons (Fsp3) is 0.231. The zero-order chi connectivity index (χ0) is 14.0. The van der Waals surface area contributed by atoms with Gasteiger partial charge in [-0.15, -0.1) is 0 Å². The molecule has 102 valence electrons. The first-order valence-corrected chi connectivity index (χ1v) is 7.28. The van der Waals surface area contributed by atoms with Crippen molar-refractivity contribution < 1.29 is 12.8 Å². The number of hydrogen-bond donors (Lipinski definition) is 2. The van der Waals surface area contributed by atoms with Crippen LogP contribution in [-0.2, 0) is 16.6 Å². The maximum absolute atomic E-state index is 12.1. The predicted molar refractivity (Wildman–Crippen MR) is 73.1 cm³/mol. The molecule has 1 heterocycles. The van der Waals surface area contributed by atoms with Crippen molar-refractivity contribution in [1.29, 1.82) is 0 Å². The zero-order valence-corrected chi connectivity index (χ0v) is 11.6. The van der Waals surface area contributed by atoms with E-state index < -0.39 is 10.0 Å². The molecular weight excluding hydrogens is 264 g/mol.